The second-order valence-corrected chi connectivity index (χ2v) is 22.8. The van der Waals surface area contributed by atoms with Gasteiger partial charge in [0.25, 0.3) is 0 Å². The van der Waals surface area contributed by atoms with Crippen molar-refractivity contribution in [3.63, 3.8) is 0 Å². The molecule has 6 heteroatoms. The fourth-order valence-electron chi connectivity index (χ4n) is 10.5. The predicted molar refractivity (Wildman–Crippen MR) is 315 cm³/mol. The maximum atomic E-state index is 12.5. The third-order valence-corrected chi connectivity index (χ3v) is 15.6. The first kappa shape index (κ1) is 70.6. The Bertz CT molecular complexity index is 1080. The zero-order valence-corrected chi connectivity index (χ0v) is 48.9. The number of nitrogens with one attached hydrogen (secondary N) is 1. The SMILES string of the molecule is CCCCCCCCCCCCCCCCCCCCCCCCCCCC(O)C(CO)NC(=O)CCCCCCC/C=C\CCCCCCCCCOC(=O)CCCCCCCCCCCCCCCC. The highest BCUT2D eigenvalue weighted by atomic mass is 16.5. The smallest absolute Gasteiger partial charge is 0.305 e. The summed E-state index contributed by atoms with van der Waals surface area (Å²) in [7, 11) is 0. The van der Waals surface area contributed by atoms with E-state index in [2.05, 4.69) is 31.3 Å². The Balaban J connectivity index is 3.44. The van der Waals surface area contributed by atoms with Gasteiger partial charge in [-0.1, -0.05) is 321 Å². The third kappa shape index (κ3) is 57.9. The van der Waals surface area contributed by atoms with Crippen molar-refractivity contribution < 1.29 is 24.5 Å². The maximum absolute atomic E-state index is 12.5. The summed E-state index contributed by atoms with van der Waals surface area (Å²) >= 11 is 0. The molecule has 0 saturated carbocycles. The van der Waals surface area contributed by atoms with Gasteiger partial charge < -0.3 is 20.3 Å². The van der Waals surface area contributed by atoms with Crippen LogP contribution in [0.15, 0.2) is 12.2 Å². The average molecular weight is 1020 g/mol. The molecule has 0 fully saturated rings. The van der Waals surface area contributed by atoms with Crippen LogP contribution in [0.25, 0.3) is 0 Å². The fraction of sp³-hybridized carbons (Fsp3) is 0.939. The Kier molecular flexibility index (Phi) is 60.9. The van der Waals surface area contributed by atoms with E-state index in [4.69, 9.17) is 4.74 Å². The van der Waals surface area contributed by atoms with Crippen LogP contribution in [-0.4, -0.2) is 47.4 Å². The zero-order chi connectivity index (χ0) is 52.2. The van der Waals surface area contributed by atoms with E-state index in [0.717, 1.165) is 64.2 Å². The molecule has 2 atom stereocenters. The lowest BCUT2D eigenvalue weighted by molar-refractivity contribution is -0.143. The van der Waals surface area contributed by atoms with Crippen molar-refractivity contribution in [2.75, 3.05) is 13.2 Å². The topological polar surface area (TPSA) is 95.9 Å². The number of ether oxygens (including phenoxy) is 1. The number of carbonyl (C=O) groups is 2. The number of esters is 1. The molecule has 0 bridgehead atoms. The number of amides is 1. The highest BCUT2D eigenvalue weighted by molar-refractivity contribution is 5.76. The summed E-state index contributed by atoms with van der Waals surface area (Å²) in [4.78, 5) is 24.6. The van der Waals surface area contributed by atoms with Gasteiger partial charge in [0, 0.05) is 12.8 Å². The summed E-state index contributed by atoms with van der Waals surface area (Å²) in [5, 5.41) is 23.4. The van der Waals surface area contributed by atoms with E-state index in [1.807, 2.05) is 0 Å². The molecule has 0 aliphatic carbocycles. The van der Waals surface area contributed by atoms with Crippen LogP contribution in [0, 0.1) is 0 Å². The first-order valence-electron chi connectivity index (χ1n) is 32.9. The number of aliphatic hydroxyl groups is 2. The molecule has 6 nitrogen and oxygen atoms in total. The Labute approximate surface area is 450 Å². The van der Waals surface area contributed by atoms with E-state index >= 15 is 0 Å². The average Bonchev–Trinajstić information content (AvgIpc) is 3.38. The summed E-state index contributed by atoms with van der Waals surface area (Å²) in [5.41, 5.74) is 0. The molecule has 0 radical (unpaired) electrons. The third-order valence-electron chi connectivity index (χ3n) is 15.6. The van der Waals surface area contributed by atoms with Crippen LogP contribution in [-0.2, 0) is 14.3 Å². The molecule has 428 valence electrons. The molecule has 2 unspecified atom stereocenters. The summed E-state index contributed by atoms with van der Waals surface area (Å²) in [6, 6.07) is -0.554. The molecular weight excluding hydrogens is 887 g/mol. The zero-order valence-electron chi connectivity index (χ0n) is 48.9. The number of carbonyl (C=O) groups excluding carboxylic acids is 2. The van der Waals surface area contributed by atoms with Crippen molar-refractivity contribution in [2.45, 2.75) is 386 Å². The highest BCUT2D eigenvalue weighted by Crippen LogP contribution is 2.19. The first-order chi connectivity index (χ1) is 35.5. The van der Waals surface area contributed by atoms with Gasteiger partial charge in [0.15, 0.2) is 0 Å². The number of hydrogen-bond donors (Lipinski definition) is 3. The highest BCUT2D eigenvalue weighted by Gasteiger charge is 2.20. The van der Waals surface area contributed by atoms with E-state index in [0.29, 0.717) is 25.9 Å². The fourth-order valence-corrected chi connectivity index (χ4v) is 10.5. The van der Waals surface area contributed by atoms with E-state index in [1.54, 1.807) is 0 Å². The van der Waals surface area contributed by atoms with Crippen LogP contribution in [0.3, 0.4) is 0 Å². The summed E-state index contributed by atoms with van der Waals surface area (Å²) in [6.45, 7) is 4.97. The van der Waals surface area contributed by atoms with Crippen LogP contribution in [0.1, 0.15) is 373 Å². The minimum absolute atomic E-state index is 0.000765. The van der Waals surface area contributed by atoms with Gasteiger partial charge in [-0.05, 0) is 51.4 Å². The monoisotopic (exact) mass is 1020 g/mol. The van der Waals surface area contributed by atoms with Crippen LogP contribution < -0.4 is 5.32 Å². The van der Waals surface area contributed by atoms with Crippen molar-refractivity contribution >= 4 is 11.9 Å². The number of allylic oxidation sites excluding steroid dienone is 2. The van der Waals surface area contributed by atoms with Crippen LogP contribution in [0.5, 0.6) is 0 Å². The van der Waals surface area contributed by atoms with Crippen LogP contribution in [0.2, 0.25) is 0 Å². The van der Waals surface area contributed by atoms with Crippen molar-refractivity contribution in [1.82, 2.24) is 5.32 Å². The van der Waals surface area contributed by atoms with E-state index < -0.39 is 12.1 Å². The lowest BCUT2D eigenvalue weighted by Crippen LogP contribution is -2.45. The second kappa shape index (κ2) is 62.1. The van der Waals surface area contributed by atoms with Crippen molar-refractivity contribution in [1.29, 1.82) is 0 Å². The number of unbranched alkanes of at least 4 members (excludes halogenated alkanes) is 49. The Morgan fingerprint density at radius 1 is 0.375 bits per heavy atom. The molecule has 0 aromatic rings. The maximum Gasteiger partial charge on any atom is 0.305 e. The summed E-state index contributed by atoms with van der Waals surface area (Å²) in [5.74, 6) is -0.0464. The van der Waals surface area contributed by atoms with E-state index in [-0.39, 0.29) is 18.5 Å². The Hall–Kier alpha value is -1.40. The molecule has 0 rings (SSSR count). The minimum Gasteiger partial charge on any atom is -0.466 e. The molecule has 0 aliphatic rings. The molecule has 72 heavy (non-hydrogen) atoms. The lowest BCUT2D eigenvalue weighted by atomic mass is 10.0. The van der Waals surface area contributed by atoms with Gasteiger partial charge in [0.05, 0.1) is 25.4 Å². The molecule has 0 aromatic heterocycles. The molecule has 1 amide bonds. The van der Waals surface area contributed by atoms with Gasteiger partial charge in [-0.25, -0.2) is 0 Å². The van der Waals surface area contributed by atoms with Crippen molar-refractivity contribution in [2.24, 2.45) is 0 Å². The molecule has 0 heterocycles. The van der Waals surface area contributed by atoms with Gasteiger partial charge in [-0.3, -0.25) is 9.59 Å². The molecule has 3 N–H and O–H groups in total. The first-order valence-corrected chi connectivity index (χ1v) is 32.9. The van der Waals surface area contributed by atoms with Gasteiger partial charge in [-0.2, -0.15) is 0 Å². The molecule has 0 spiro atoms. The lowest BCUT2D eigenvalue weighted by Gasteiger charge is -2.22. The molecule has 0 aromatic carbocycles. The minimum atomic E-state index is -0.676. The molecule has 0 aliphatic heterocycles. The van der Waals surface area contributed by atoms with E-state index in [1.165, 1.54) is 276 Å². The van der Waals surface area contributed by atoms with Crippen molar-refractivity contribution in [3.8, 4) is 0 Å². The van der Waals surface area contributed by atoms with Gasteiger partial charge in [0.1, 0.15) is 0 Å². The summed E-state index contributed by atoms with van der Waals surface area (Å²) < 4.78 is 5.48. The Morgan fingerprint density at radius 3 is 0.986 bits per heavy atom. The quantitative estimate of drug-likeness (QED) is 0.0320. The van der Waals surface area contributed by atoms with Crippen molar-refractivity contribution in [3.05, 3.63) is 12.2 Å². The summed E-state index contributed by atoms with van der Waals surface area (Å²) in [6.07, 6.45) is 75.2. The van der Waals surface area contributed by atoms with E-state index in [9.17, 15) is 19.8 Å². The van der Waals surface area contributed by atoms with Gasteiger partial charge in [0.2, 0.25) is 5.91 Å². The van der Waals surface area contributed by atoms with Gasteiger partial charge in [-0.15, -0.1) is 0 Å². The largest absolute Gasteiger partial charge is 0.466 e. The molecule has 0 saturated heterocycles. The van der Waals surface area contributed by atoms with Crippen LogP contribution >= 0.6 is 0 Å². The number of rotatable bonds is 62. The Morgan fingerprint density at radius 2 is 0.653 bits per heavy atom. The standard InChI is InChI=1S/C66H129NO5/c1-3-5-7-9-11-13-15-17-19-20-21-22-23-24-25-26-27-28-31-34-38-42-46-50-54-58-64(69)63(62-68)67-65(70)59-55-51-47-43-39-35-32-29-30-33-37-41-45-49-53-57-61-72-66(71)60-56-52-48-44-40-36-18-16-14-12-10-8-6-4-2/h29,32,63-64,68-69H,3-28,30-31,33-62H2,1-2H3,(H,67,70)/b32-29-. The second-order valence-electron chi connectivity index (χ2n) is 22.8. The van der Waals surface area contributed by atoms with Crippen LogP contribution in [0.4, 0.5) is 0 Å². The molecular formula is C66H129NO5. The normalized spacial score (nSPS) is 12.6. The van der Waals surface area contributed by atoms with Gasteiger partial charge >= 0.3 is 5.97 Å². The number of aliphatic hydroxyl groups excluding tert-OH is 2. The predicted octanol–water partition coefficient (Wildman–Crippen LogP) is 20.8. The number of hydrogen-bond acceptors (Lipinski definition) is 5.